The van der Waals surface area contributed by atoms with Crippen LogP contribution in [0.5, 0.6) is 5.75 Å². The Balaban J connectivity index is 1.66. The van der Waals surface area contributed by atoms with Crippen LogP contribution in [0.2, 0.25) is 0 Å². The molecule has 3 N–H and O–H groups in total. The first kappa shape index (κ1) is 24.8. The number of aryl methyl sites for hydroxylation is 1. The lowest BCUT2D eigenvalue weighted by Gasteiger charge is -2.40. The molecule has 4 rings (SSSR count). The van der Waals surface area contributed by atoms with E-state index in [2.05, 4.69) is 0 Å². The highest BCUT2D eigenvalue weighted by molar-refractivity contribution is 7.15. The van der Waals surface area contributed by atoms with Gasteiger partial charge in [0.1, 0.15) is 48.8 Å². The molecule has 0 amide bonds. The van der Waals surface area contributed by atoms with Gasteiger partial charge in [-0.2, -0.15) is 0 Å². The smallest absolute Gasteiger partial charge is 0.125 e. The van der Waals surface area contributed by atoms with E-state index < -0.39 is 37.2 Å². The van der Waals surface area contributed by atoms with Gasteiger partial charge in [0.05, 0.1) is 6.61 Å². The Bertz CT molecular complexity index is 1110. The Morgan fingerprint density at radius 2 is 1.74 bits per heavy atom. The van der Waals surface area contributed by atoms with Crippen LogP contribution in [0, 0.1) is 12.7 Å². The van der Waals surface area contributed by atoms with Crippen molar-refractivity contribution in [2.45, 2.75) is 50.8 Å². The lowest BCUT2D eigenvalue weighted by molar-refractivity contribution is -0.227. The van der Waals surface area contributed by atoms with Gasteiger partial charge in [0.15, 0.2) is 0 Å². The summed E-state index contributed by atoms with van der Waals surface area (Å²) in [5, 5.41) is 30.9. The van der Waals surface area contributed by atoms with Gasteiger partial charge in [-0.25, -0.2) is 8.78 Å². The van der Waals surface area contributed by atoms with E-state index in [0.717, 1.165) is 26.4 Å². The van der Waals surface area contributed by atoms with Crippen molar-refractivity contribution < 1.29 is 33.6 Å². The van der Waals surface area contributed by atoms with Gasteiger partial charge in [-0.05, 0) is 66.9 Å². The van der Waals surface area contributed by atoms with Gasteiger partial charge in [-0.15, -0.1) is 11.3 Å². The standard InChI is InChI=1S/C26H28F2O5S/c1-3-32-20-10-14(2)16(11-18-8-9-22(34-18)15-4-6-17(28)7-5-15)12-19(20)26-25(31)24(30)23(29)21(13-27)33-26/h4-10,12,21,23-26,29-31H,3,11,13H2,1-2H3/t21-,23+,24+,25+,26+/m1/s1. The van der Waals surface area contributed by atoms with E-state index in [-0.39, 0.29) is 5.82 Å². The number of hydrogen-bond donors (Lipinski definition) is 3. The maximum atomic E-state index is 13.4. The second-order valence-corrected chi connectivity index (χ2v) is 9.59. The lowest BCUT2D eigenvalue weighted by Crippen LogP contribution is -2.54. The maximum absolute atomic E-state index is 13.4. The number of alkyl halides is 1. The molecule has 3 aromatic rings. The minimum absolute atomic E-state index is 0.280. The SMILES string of the molecule is CCOc1cc(C)c(Cc2ccc(-c3ccc(F)cc3)s2)cc1[C@@H]1O[C@H](CF)[C@H](O)[C@H](O)[C@@H]1O. The van der Waals surface area contributed by atoms with Crippen molar-refractivity contribution in [1.82, 2.24) is 0 Å². The number of thiophene rings is 1. The fourth-order valence-electron chi connectivity index (χ4n) is 4.20. The van der Waals surface area contributed by atoms with Gasteiger partial charge in [-0.1, -0.05) is 12.1 Å². The van der Waals surface area contributed by atoms with Crippen molar-refractivity contribution in [3.05, 3.63) is 75.9 Å². The third-order valence-corrected chi connectivity index (χ3v) is 7.23. The molecule has 5 nitrogen and oxygen atoms in total. The molecule has 182 valence electrons. The number of halogens is 2. The fraction of sp³-hybridized carbons (Fsp3) is 0.385. The van der Waals surface area contributed by atoms with Crippen LogP contribution < -0.4 is 4.74 Å². The number of benzene rings is 2. The van der Waals surface area contributed by atoms with Crippen molar-refractivity contribution in [2.24, 2.45) is 0 Å². The van der Waals surface area contributed by atoms with Gasteiger partial charge in [-0.3, -0.25) is 0 Å². The Hall–Kier alpha value is -2.36. The molecule has 1 aromatic heterocycles. The van der Waals surface area contributed by atoms with E-state index in [1.165, 1.54) is 12.1 Å². The predicted octanol–water partition coefficient (Wildman–Crippen LogP) is 4.34. The summed E-state index contributed by atoms with van der Waals surface area (Å²) in [6.45, 7) is 3.16. The zero-order chi connectivity index (χ0) is 24.4. The first-order valence-corrected chi connectivity index (χ1v) is 12.0. The molecule has 0 aliphatic carbocycles. The summed E-state index contributed by atoms with van der Waals surface area (Å²) in [4.78, 5) is 2.10. The number of hydrogen-bond acceptors (Lipinski definition) is 6. The van der Waals surface area contributed by atoms with E-state index in [0.29, 0.717) is 24.3 Å². The normalized spacial score (nSPS) is 24.9. The molecule has 0 bridgehead atoms. The average Bonchev–Trinajstić information content (AvgIpc) is 3.29. The molecular formula is C26H28F2O5S. The maximum Gasteiger partial charge on any atom is 0.125 e. The van der Waals surface area contributed by atoms with Crippen molar-refractivity contribution in [3.8, 4) is 16.2 Å². The molecule has 0 unspecified atom stereocenters. The molecule has 0 spiro atoms. The van der Waals surface area contributed by atoms with E-state index in [1.807, 2.05) is 38.1 Å². The van der Waals surface area contributed by atoms with Crippen LogP contribution in [0.1, 0.15) is 34.6 Å². The summed E-state index contributed by atoms with van der Waals surface area (Å²) < 4.78 is 38.1. The molecule has 8 heteroatoms. The van der Waals surface area contributed by atoms with Gasteiger partial charge in [0.25, 0.3) is 0 Å². The first-order valence-electron chi connectivity index (χ1n) is 11.2. The van der Waals surface area contributed by atoms with Gasteiger partial charge >= 0.3 is 0 Å². The first-order chi connectivity index (χ1) is 16.3. The minimum atomic E-state index is -1.55. The van der Waals surface area contributed by atoms with E-state index in [4.69, 9.17) is 9.47 Å². The highest BCUT2D eigenvalue weighted by atomic mass is 32.1. The minimum Gasteiger partial charge on any atom is -0.493 e. The average molecular weight is 491 g/mol. The van der Waals surface area contributed by atoms with Crippen LogP contribution >= 0.6 is 11.3 Å². The monoisotopic (exact) mass is 490 g/mol. The van der Waals surface area contributed by atoms with Crippen LogP contribution in [-0.2, 0) is 11.2 Å². The van der Waals surface area contributed by atoms with Gasteiger partial charge in [0.2, 0.25) is 0 Å². The Morgan fingerprint density at radius 3 is 2.41 bits per heavy atom. The second-order valence-electron chi connectivity index (χ2n) is 8.42. The van der Waals surface area contributed by atoms with Crippen LogP contribution in [0.15, 0.2) is 48.5 Å². The Kier molecular flexibility index (Phi) is 7.64. The van der Waals surface area contributed by atoms with Gasteiger partial charge < -0.3 is 24.8 Å². The van der Waals surface area contributed by atoms with E-state index >= 15 is 0 Å². The molecule has 2 aromatic carbocycles. The fourth-order valence-corrected chi connectivity index (χ4v) is 5.24. The summed E-state index contributed by atoms with van der Waals surface area (Å²) in [6.07, 6.45) is -6.23. The third kappa shape index (κ3) is 5.01. The van der Waals surface area contributed by atoms with E-state index in [9.17, 15) is 24.1 Å². The second kappa shape index (κ2) is 10.5. The Morgan fingerprint density at radius 1 is 1.00 bits per heavy atom. The topological polar surface area (TPSA) is 79.2 Å². The molecule has 34 heavy (non-hydrogen) atoms. The molecule has 0 saturated carbocycles. The zero-order valence-corrected chi connectivity index (χ0v) is 19.8. The molecule has 1 saturated heterocycles. The van der Waals surface area contributed by atoms with Crippen molar-refractivity contribution >= 4 is 11.3 Å². The third-order valence-electron chi connectivity index (χ3n) is 6.09. The predicted molar refractivity (Wildman–Crippen MR) is 126 cm³/mol. The summed E-state index contributed by atoms with van der Waals surface area (Å²) >= 11 is 1.60. The molecule has 1 aliphatic rings. The molecule has 5 atom stereocenters. The molecule has 0 radical (unpaired) electrons. The van der Waals surface area contributed by atoms with Crippen LogP contribution in [-0.4, -0.2) is 53.0 Å². The largest absolute Gasteiger partial charge is 0.493 e. The highest BCUT2D eigenvalue weighted by Gasteiger charge is 2.45. The van der Waals surface area contributed by atoms with E-state index in [1.54, 1.807) is 23.5 Å². The highest BCUT2D eigenvalue weighted by Crippen LogP contribution is 2.39. The van der Waals surface area contributed by atoms with Crippen molar-refractivity contribution in [2.75, 3.05) is 13.3 Å². The van der Waals surface area contributed by atoms with Crippen LogP contribution in [0.25, 0.3) is 10.4 Å². The quantitative estimate of drug-likeness (QED) is 0.459. The number of aliphatic hydroxyl groups is 3. The van der Waals surface area contributed by atoms with Crippen LogP contribution in [0.4, 0.5) is 8.78 Å². The number of aliphatic hydroxyl groups excluding tert-OH is 3. The number of ether oxygens (including phenoxy) is 2. The zero-order valence-electron chi connectivity index (χ0n) is 18.9. The number of rotatable bonds is 7. The molecule has 2 heterocycles. The van der Waals surface area contributed by atoms with Gasteiger partial charge in [0, 0.05) is 21.7 Å². The summed E-state index contributed by atoms with van der Waals surface area (Å²) in [5.41, 5.74) is 3.36. The lowest BCUT2D eigenvalue weighted by atomic mass is 9.89. The summed E-state index contributed by atoms with van der Waals surface area (Å²) in [5.74, 6) is 0.199. The summed E-state index contributed by atoms with van der Waals surface area (Å²) in [7, 11) is 0. The van der Waals surface area contributed by atoms with Crippen LogP contribution in [0.3, 0.4) is 0 Å². The molecule has 1 aliphatic heterocycles. The van der Waals surface area contributed by atoms with Crippen molar-refractivity contribution in [3.63, 3.8) is 0 Å². The Labute approximate surface area is 201 Å². The van der Waals surface area contributed by atoms with Crippen molar-refractivity contribution in [1.29, 1.82) is 0 Å². The molecular weight excluding hydrogens is 462 g/mol. The molecule has 1 fully saturated rings. The summed E-state index contributed by atoms with van der Waals surface area (Å²) in [6, 6.07) is 14.1.